The summed E-state index contributed by atoms with van der Waals surface area (Å²) >= 11 is 0. The summed E-state index contributed by atoms with van der Waals surface area (Å²) in [5, 5.41) is 0. The van der Waals surface area contributed by atoms with Crippen molar-refractivity contribution in [1.82, 2.24) is 19.6 Å². The van der Waals surface area contributed by atoms with Crippen molar-refractivity contribution in [3.05, 3.63) is 58.7 Å². The SMILES string of the molecule is CCCCN(CCCC)CCCN(C)C(=O)c1ccc2c(c1)Cc1cc(C(=O)N(C)CCCN(CCCC)CCCC)ccc1O2. The van der Waals surface area contributed by atoms with Crippen LogP contribution in [0.25, 0.3) is 0 Å². The van der Waals surface area contributed by atoms with Gasteiger partial charge in [-0.3, -0.25) is 9.59 Å². The first-order valence-electron chi connectivity index (χ1n) is 18.2. The van der Waals surface area contributed by atoms with Crippen LogP contribution >= 0.6 is 0 Å². The first kappa shape index (κ1) is 37.6. The number of carbonyl (C=O) groups is 2. The van der Waals surface area contributed by atoms with E-state index in [1.807, 2.05) is 60.3 Å². The lowest BCUT2D eigenvalue weighted by Gasteiger charge is -2.25. The lowest BCUT2D eigenvalue weighted by atomic mass is 9.96. The zero-order valence-corrected chi connectivity index (χ0v) is 29.9. The van der Waals surface area contributed by atoms with Gasteiger partial charge in [0.1, 0.15) is 11.5 Å². The fraction of sp³-hybridized carbons (Fsp3) is 0.641. The molecule has 7 nitrogen and oxygen atoms in total. The quantitative estimate of drug-likeness (QED) is 0.112. The molecule has 0 radical (unpaired) electrons. The molecule has 0 aliphatic carbocycles. The van der Waals surface area contributed by atoms with Crippen molar-refractivity contribution in [2.24, 2.45) is 0 Å². The fourth-order valence-electron chi connectivity index (χ4n) is 6.13. The van der Waals surface area contributed by atoms with Gasteiger partial charge >= 0.3 is 0 Å². The third-order valence-electron chi connectivity index (χ3n) is 9.16. The highest BCUT2D eigenvalue weighted by atomic mass is 16.5. The lowest BCUT2D eigenvalue weighted by molar-refractivity contribution is 0.0781. The zero-order valence-electron chi connectivity index (χ0n) is 29.9. The second-order valence-electron chi connectivity index (χ2n) is 13.2. The molecule has 1 aliphatic rings. The molecule has 0 spiro atoms. The molecular formula is C39H62N4O3. The first-order chi connectivity index (χ1) is 22.3. The number of unbranched alkanes of at least 4 members (excludes halogenated alkanes) is 4. The monoisotopic (exact) mass is 634 g/mol. The van der Waals surface area contributed by atoms with Crippen molar-refractivity contribution in [2.45, 2.75) is 98.3 Å². The van der Waals surface area contributed by atoms with E-state index >= 15 is 0 Å². The van der Waals surface area contributed by atoms with Crippen LogP contribution in [0.4, 0.5) is 0 Å². The number of nitrogens with zero attached hydrogens (tertiary/aromatic N) is 4. The van der Waals surface area contributed by atoms with Crippen LogP contribution in [0.3, 0.4) is 0 Å². The summed E-state index contributed by atoms with van der Waals surface area (Å²) < 4.78 is 6.22. The minimum absolute atomic E-state index is 0.0378. The molecule has 0 fully saturated rings. The highest BCUT2D eigenvalue weighted by molar-refractivity contribution is 5.95. The van der Waals surface area contributed by atoms with E-state index in [1.165, 1.54) is 51.4 Å². The molecule has 0 unspecified atom stereocenters. The largest absolute Gasteiger partial charge is 0.457 e. The van der Waals surface area contributed by atoms with E-state index in [0.717, 1.165) is 87.8 Å². The number of hydrogen-bond donors (Lipinski definition) is 0. The van der Waals surface area contributed by atoms with Gasteiger partial charge in [0, 0.05) is 55.9 Å². The van der Waals surface area contributed by atoms with E-state index < -0.39 is 0 Å². The number of benzene rings is 2. The number of hydrogen-bond acceptors (Lipinski definition) is 5. The molecule has 7 heteroatoms. The molecule has 2 aromatic rings. The third-order valence-corrected chi connectivity index (χ3v) is 9.16. The second kappa shape index (κ2) is 20.4. The summed E-state index contributed by atoms with van der Waals surface area (Å²) in [6.45, 7) is 17.0. The Bertz CT molecular complexity index is 1110. The Morgan fingerprint density at radius 2 is 0.891 bits per heavy atom. The Morgan fingerprint density at radius 3 is 1.24 bits per heavy atom. The Kier molecular flexibility index (Phi) is 16.6. The topological polar surface area (TPSA) is 56.3 Å². The van der Waals surface area contributed by atoms with Gasteiger partial charge in [-0.15, -0.1) is 0 Å². The summed E-state index contributed by atoms with van der Waals surface area (Å²) in [4.78, 5) is 35.5. The van der Waals surface area contributed by atoms with Crippen LogP contribution in [0.15, 0.2) is 36.4 Å². The molecule has 0 saturated heterocycles. The van der Waals surface area contributed by atoms with E-state index in [9.17, 15) is 9.59 Å². The summed E-state index contributed by atoms with van der Waals surface area (Å²) in [7, 11) is 3.80. The Balaban J connectivity index is 1.56. The van der Waals surface area contributed by atoms with Crippen molar-refractivity contribution >= 4 is 11.8 Å². The lowest BCUT2D eigenvalue weighted by Crippen LogP contribution is -2.32. The maximum atomic E-state index is 13.4. The summed E-state index contributed by atoms with van der Waals surface area (Å²) in [5.41, 5.74) is 3.32. The number of carbonyl (C=O) groups excluding carboxylic acids is 2. The third kappa shape index (κ3) is 11.7. The molecule has 0 bridgehead atoms. The number of ether oxygens (including phenoxy) is 1. The number of amides is 2. The van der Waals surface area contributed by atoms with Crippen molar-refractivity contribution in [3.63, 3.8) is 0 Å². The highest BCUT2D eigenvalue weighted by Crippen LogP contribution is 2.37. The Labute approximate surface area is 280 Å². The molecule has 3 rings (SSSR count). The Morgan fingerprint density at radius 1 is 0.543 bits per heavy atom. The van der Waals surface area contributed by atoms with Crippen molar-refractivity contribution < 1.29 is 14.3 Å². The van der Waals surface area contributed by atoms with Gasteiger partial charge in [-0.05, 0) is 114 Å². The molecule has 0 saturated carbocycles. The van der Waals surface area contributed by atoms with E-state index in [2.05, 4.69) is 37.5 Å². The summed E-state index contributed by atoms with van der Waals surface area (Å²) in [6, 6.07) is 11.5. The van der Waals surface area contributed by atoms with Gasteiger partial charge in [0.05, 0.1) is 0 Å². The van der Waals surface area contributed by atoms with Crippen molar-refractivity contribution in [3.8, 4) is 11.5 Å². The number of fused-ring (bicyclic) bond motifs is 2. The molecule has 2 amide bonds. The number of rotatable bonds is 22. The average molecular weight is 635 g/mol. The maximum absolute atomic E-state index is 13.4. The van der Waals surface area contributed by atoms with Gasteiger partial charge in [-0.1, -0.05) is 53.4 Å². The van der Waals surface area contributed by atoms with Gasteiger partial charge < -0.3 is 24.3 Å². The molecule has 46 heavy (non-hydrogen) atoms. The predicted molar refractivity (Wildman–Crippen MR) is 191 cm³/mol. The molecule has 1 aliphatic heterocycles. The van der Waals surface area contributed by atoms with Crippen LogP contribution in [0, 0.1) is 0 Å². The first-order valence-corrected chi connectivity index (χ1v) is 18.2. The molecule has 0 atom stereocenters. The van der Waals surface area contributed by atoms with E-state index in [-0.39, 0.29) is 11.8 Å². The zero-order chi connectivity index (χ0) is 33.3. The minimum Gasteiger partial charge on any atom is -0.457 e. The molecule has 0 N–H and O–H groups in total. The molecule has 1 heterocycles. The molecule has 0 aromatic heterocycles. The Hall–Kier alpha value is -2.90. The standard InChI is InChI=1S/C39H62N4O3/c1-7-11-23-42(24-12-8-2)27-15-21-40(5)38(44)32-17-19-36-34(29-32)31-35-30-33(18-20-37(35)46-36)39(45)41(6)22-16-28-43(25-13-9-3)26-14-10-4/h17-20,29-30H,7-16,21-28,31H2,1-6H3. The second-order valence-corrected chi connectivity index (χ2v) is 13.2. The van der Waals surface area contributed by atoms with Crippen LogP contribution in [-0.4, -0.2) is 97.9 Å². The van der Waals surface area contributed by atoms with Gasteiger partial charge in [0.2, 0.25) is 0 Å². The maximum Gasteiger partial charge on any atom is 0.253 e. The smallest absolute Gasteiger partial charge is 0.253 e. The van der Waals surface area contributed by atoms with Crippen LogP contribution in [-0.2, 0) is 6.42 Å². The minimum atomic E-state index is 0.0378. The van der Waals surface area contributed by atoms with Crippen molar-refractivity contribution in [1.29, 1.82) is 0 Å². The van der Waals surface area contributed by atoms with Gasteiger partial charge in [-0.2, -0.15) is 0 Å². The van der Waals surface area contributed by atoms with E-state index in [1.54, 1.807) is 0 Å². The van der Waals surface area contributed by atoms with E-state index in [4.69, 9.17) is 4.74 Å². The van der Waals surface area contributed by atoms with E-state index in [0.29, 0.717) is 17.5 Å². The summed E-state index contributed by atoms with van der Waals surface area (Å²) in [6.07, 6.45) is 12.3. The van der Waals surface area contributed by atoms with Crippen LogP contribution in [0.1, 0.15) is 124 Å². The highest BCUT2D eigenvalue weighted by Gasteiger charge is 2.22. The predicted octanol–water partition coefficient (Wildman–Crippen LogP) is 8.11. The van der Waals surface area contributed by atoms with Crippen molar-refractivity contribution in [2.75, 3.05) is 66.5 Å². The average Bonchev–Trinajstić information content (AvgIpc) is 3.07. The van der Waals surface area contributed by atoms with Gasteiger partial charge in [-0.25, -0.2) is 0 Å². The molecule has 256 valence electrons. The van der Waals surface area contributed by atoms with Crippen LogP contribution < -0.4 is 4.74 Å². The van der Waals surface area contributed by atoms with Crippen LogP contribution in [0.2, 0.25) is 0 Å². The summed E-state index contributed by atoms with van der Waals surface area (Å²) in [5.74, 6) is 1.63. The van der Waals surface area contributed by atoms with Gasteiger partial charge in [0.25, 0.3) is 11.8 Å². The molecular weight excluding hydrogens is 572 g/mol. The van der Waals surface area contributed by atoms with Gasteiger partial charge in [0.15, 0.2) is 0 Å². The molecule has 2 aromatic carbocycles. The fourth-order valence-corrected chi connectivity index (χ4v) is 6.13. The normalized spacial score (nSPS) is 12.2. The van der Waals surface area contributed by atoms with Crippen LogP contribution in [0.5, 0.6) is 11.5 Å².